The quantitative estimate of drug-likeness (QED) is 0.537. The fraction of sp³-hybridized carbons (Fsp3) is 0.269. The van der Waals surface area contributed by atoms with E-state index in [2.05, 4.69) is 58.4 Å². The monoisotopic (exact) mass is 429 g/mol. The van der Waals surface area contributed by atoms with Crippen LogP contribution in [0, 0.1) is 0 Å². The van der Waals surface area contributed by atoms with Crippen LogP contribution in [0.1, 0.15) is 30.1 Å². The van der Waals surface area contributed by atoms with E-state index in [-0.39, 0.29) is 5.91 Å². The Bertz CT molecular complexity index is 1080. The highest BCUT2D eigenvalue weighted by molar-refractivity contribution is 7.99. The average Bonchev–Trinajstić information content (AvgIpc) is 3.30. The molecule has 1 fully saturated rings. The predicted molar refractivity (Wildman–Crippen MR) is 129 cm³/mol. The highest BCUT2D eigenvalue weighted by Gasteiger charge is 2.29. The number of carbonyl (C=O) groups is 1. The zero-order valence-corrected chi connectivity index (χ0v) is 18.6. The van der Waals surface area contributed by atoms with E-state index in [9.17, 15) is 4.79 Å². The largest absolute Gasteiger partial charge is 0.335 e. The molecule has 0 bridgehead atoms. The van der Waals surface area contributed by atoms with Gasteiger partial charge in [0.2, 0.25) is 0 Å². The second kappa shape index (κ2) is 8.77. The lowest BCUT2D eigenvalue weighted by Gasteiger charge is -2.39. The lowest BCUT2D eigenvalue weighted by atomic mass is 10.1. The summed E-state index contributed by atoms with van der Waals surface area (Å²) in [4.78, 5) is 20.4. The van der Waals surface area contributed by atoms with E-state index in [1.165, 1.54) is 41.4 Å². The van der Waals surface area contributed by atoms with Gasteiger partial charge in [-0.05, 0) is 75.3 Å². The van der Waals surface area contributed by atoms with Crippen LogP contribution in [0.2, 0.25) is 0 Å². The molecule has 158 valence electrons. The maximum atomic E-state index is 13.0. The Hall–Kier alpha value is -2.76. The van der Waals surface area contributed by atoms with Gasteiger partial charge in [0.05, 0.1) is 11.4 Å². The molecule has 4 nitrogen and oxygen atoms in total. The third-order valence-electron chi connectivity index (χ3n) is 6.02. The normalized spacial score (nSPS) is 16.5. The summed E-state index contributed by atoms with van der Waals surface area (Å²) in [5.41, 5.74) is 3.84. The summed E-state index contributed by atoms with van der Waals surface area (Å²) >= 11 is 1.78. The molecule has 1 atom stereocenters. The Morgan fingerprint density at radius 1 is 0.935 bits per heavy atom. The molecule has 1 unspecified atom stereocenters. The first-order valence-electron chi connectivity index (χ1n) is 11.0. The summed E-state index contributed by atoms with van der Waals surface area (Å²) in [5, 5.41) is 3.01. The van der Waals surface area contributed by atoms with Crippen LogP contribution in [-0.2, 0) is 0 Å². The number of nitrogens with one attached hydrogen (secondary N) is 1. The third kappa shape index (κ3) is 4.21. The van der Waals surface area contributed by atoms with Crippen molar-refractivity contribution in [2.75, 3.05) is 29.9 Å². The van der Waals surface area contributed by atoms with Crippen molar-refractivity contribution in [1.29, 1.82) is 0 Å². The minimum absolute atomic E-state index is 0.0787. The van der Waals surface area contributed by atoms with Gasteiger partial charge < -0.3 is 15.1 Å². The smallest absolute Gasteiger partial charge is 0.255 e. The van der Waals surface area contributed by atoms with Gasteiger partial charge in [0, 0.05) is 33.6 Å². The predicted octanol–water partition coefficient (Wildman–Crippen LogP) is 6.03. The van der Waals surface area contributed by atoms with Crippen molar-refractivity contribution in [1.82, 2.24) is 4.90 Å². The number of rotatable bonds is 5. The van der Waals surface area contributed by atoms with Crippen LogP contribution >= 0.6 is 11.8 Å². The lowest BCUT2D eigenvalue weighted by molar-refractivity contribution is 0.102. The van der Waals surface area contributed by atoms with Gasteiger partial charge in [-0.2, -0.15) is 0 Å². The van der Waals surface area contributed by atoms with Crippen molar-refractivity contribution >= 4 is 34.7 Å². The number of amides is 1. The maximum absolute atomic E-state index is 13.0. The Balaban J connectivity index is 1.48. The summed E-state index contributed by atoms with van der Waals surface area (Å²) in [6, 6.07) is 24.6. The van der Waals surface area contributed by atoms with Crippen LogP contribution < -0.4 is 10.2 Å². The molecule has 2 aliphatic heterocycles. The number of hydrogen-bond donors (Lipinski definition) is 1. The van der Waals surface area contributed by atoms with Crippen molar-refractivity contribution in [3.63, 3.8) is 0 Å². The molecule has 1 saturated heterocycles. The molecule has 2 aliphatic rings. The minimum Gasteiger partial charge on any atom is -0.335 e. The van der Waals surface area contributed by atoms with Gasteiger partial charge in [-0.1, -0.05) is 42.1 Å². The van der Waals surface area contributed by atoms with Crippen LogP contribution in [-0.4, -0.2) is 36.5 Å². The number of anilines is 3. The molecule has 3 aromatic carbocycles. The molecule has 5 rings (SSSR count). The second-order valence-corrected chi connectivity index (χ2v) is 9.38. The number of nitrogens with zero attached hydrogens (tertiary/aromatic N) is 2. The van der Waals surface area contributed by atoms with Crippen molar-refractivity contribution < 1.29 is 4.79 Å². The first kappa shape index (κ1) is 20.2. The van der Waals surface area contributed by atoms with Gasteiger partial charge in [0.15, 0.2) is 0 Å². The van der Waals surface area contributed by atoms with Crippen molar-refractivity contribution in [2.45, 2.75) is 35.6 Å². The molecule has 1 amide bonds. The Labute approximate surface area is 188 Å². The van der Waals surface area contributed by atoms with Crippen molar-refractivity contribution in [3.8, 4) is 0 Å². The summed E-state index contributed by atoms with van der Waals surface area (Å²) in [5.74, 6) is -0.0787. The van der Waals surface area contributed by atoms with Gasteiger partial charge in [-0.3, -0.25) is 4.79 Å². The zero-order valence-electron chi connectivity index (χ0n) is 17.8. The highest BCUT2D eigenvalue weighted by Crippen LogP contribution is 2.49. The van der Waals surface area contributed by atoms with Crippen molar-refractivity contribution in [3.05, 3.63) is 78.4 Å². The van der Waals surface area contributed by atoms with Gasteiger partial charge in [0.1, 0.15) is 0 Å². The van der Waals surface area contributed by atoms with E-state index < -0.39 is 0 Å². The van der Waals surface area contributed by atoms with Crippen LogP contribution in [0.3, 0.4) is 0 Å². The molecule has 3 aromatic rings. The van der Waals surface area contributed by atoms with Gasteiger partial charge in [-0.25, -0.2) is 0 Å². The van der Waals surface area contributed by atoms with E-state index >= 15 is 0 Å². The number of carbonyl (C=O) groups excluding carboxylic acids is 1. The summed E-state index contributed by atoms with van der Waals surface area (Å²) in [7, 11) is 0. The second-order valence-electron chi connectivity index (χ2n) is 8.30. The molecule has 31 heavy (non-hydrogen) atoms. The lowest BCUT2D eigenvalue weighted by Crippen LogP contribution is -2.40. The summed E-state index contributed by atoms with van der Waals surface area (Å²) < 4.78 is 0. The maximum Gasteiger partial charge on any atom is 0.255 e. The Morgan fingerprint density at radius 2 is 1.65 bits per heavy atom. The van der Waals surface area contributed by atoms with E-state index in [1.807, 2.05) is 36.4 Å². The minimum atomic E-state index is -0.0787. The molecule has 0 aliphatic carbocycles. The fourth-order valence-corrected chi connectivity index (χ4v) is 5.60. The highest BCUT2D eigenvalue weighted by atomic mass is 32.2. The van der Waals surface area contributed by atoms with E-state index in [1.54, 1.807) is 11.8 Å². The number of hydrogen-bond acceptors (Lipinski definition) is 4. The molecule has 0 radical (unpaired) electrons. The number of benzene rings is 3. The number of likely N-dealkylation sites (tertiary alicyclic amines) is 1. The SMILES string of the molecule is CC(CN1CCCC1)N1c2ccccc2Sc2ccc(C(=O)Nc3ccccc3)cc21. The van der Waals surface area contributed by atoms with E-state index in [0.717, 1.165) is 17.9 Å². The van der Waals surface area contributed by atoms with Gasteiger partial charge in [-0.15, -0.1) is 0 Å². The molecule has 0 spiro atoms. The molecule has 0 saturated carbocycles. The molecule has 1 N–H and O–H groups in total. The van der Waals surface area contributed by atoms with E-state index in [0.29, 0.717) is 11.6 Å². The first-order chi connectivity index (χ1) is 15.2. The fourth-order valence-electron chi connectivity index (χ4n) is 4.54. The molecular weight excluding hydrogens is 402 g/mol. The number of para-hydroxylation sites is 2. The van der Waals surface area contributed by atoms with Gasteiger partial charge >= 0.3 is 0 Å². The molecular formula is C26H27N3OS. The molecule has 0 aromatic heterocycles. The van der Waals surface area contributed by atoms with Gasteiger partial charge in [0.25, 0.3) is 5.91 Å². The first-order valence-corrected chi connectivity index (χ1v) is 11.8. The number of fused-ring (bicyclic) bond motifs is 2. The molecule has 5 heteroatoms. The standard InChI is InChI=1S/C26H27N3OS/c1-19(18-28-15-7-8-16-28)29-22-11-5-6-12-24(22)31-25-14-13-20(17-23(25)29)26(30)27-21-9-3-2-4-10-21/h2-6,9-14,17,19H,7-8,15-16,18H2,1H3,(H,27,30). The average molecular weight is 430 g/mol. The molecule has 2 heterocycles. The summed E-state index contributed by atoms with van der Waals surface area (Å²) in [6.45, 7) is 5.69. The topological polar surface area (TPSA) is 35.6 Å². The van der Waals surface area contributed by atoms with Crippen LogP contribution in [0.15, 0.2) is 82.6 Å². The van der Waals surface area contributed by atoms with Crippen molar-refractivity contribution in [2.24, 2.45) is 0 Å². The Morgan fingerprint density at radius 3 is 2.45 bits per heavy atom. The summed E-state index contributed by atoms with van der Waals surface area (Å²) in [6.07, 6.45) is 2.58. The van der Waals surface area contributed by atoms with Crippen LogP contribution in [0.25, 0.3) is 0 Å². The van der Waals surface area contributed by atoms with Crippen LogP contribution in [0.4, 0.5) is 17.1 Å². The van der Waals surface area contributed by atoms with E-state index in [4.69, 9.17) is 0 Å². The zero-order chi connectivity index (χ0) is 21.2. The Kier molecular flexibility index (Phi) is 5.70. The van der Waals surface area contributed by atoms with Crippen LogP contribution in [0.5, 0.6) is 0 Å². The third-order valence-corrected chi connectivity index (χ3v) is 7.15.